The third-order valence-electron chi connectivity index (χ3n) is 6.71. The molecule has 0 aliphatic carbocycles. The number of aryl methyl sites for hydroxylation is 2. The van der Waals surface area contributed by atoms with Crippen molar-refractivity contribution in [2.45, 2.75) is 57.8 Å². The molecule has 1 aliphatic rings. The minimum atomic E-state index is -0.287. The summed E-state index contributed by atoms with van der Waals surface area (Å²) in [5, 5.41) is 9.63. The highest BCUT2D eigenvalue weighted by Crippen LogP contribution is 2.29. The van der Waals surface area contributed by atoms with E-state index >= 15 is 0 Å². The van der Waals surface area contributed by atoms with Crippen LogP contribution in [-0.2, 0) is 11.3 Å². The highest BCUT2D eigenvalue weighted by Gasteiger charge is 2.26. The van der Waals surface area contributed by atoms with Crippen molar-refractivity contribution < 1.29 is 9.18 Å². The van der Waals surface area contributed by atoms with Gasteiger partial charge in [-0.25, -0.2) is 4.39 Å². The van der Waals surface area contributed by atoms with E-state index in [1.807, 2.05) is 11.6 Å². The van der Waals surface area contributed by atoms with Crippen molar-refractivity contribution in [1.82, 2.24) is 24.6 Å². The number of benzene rings is 2. The molecule has 6 nitrogen and oxygen atoms in total. The van der Waals surface area contributed by atoms with E-state index < -0.39 is 0 Å². The number of nitrogens with zero attached hydrogens (tertiary/aromatic N) is 5. The second-order valence-corrected chi connectivity index (χ2v) is 10.3. The molecule has 186 valence electrons. The lowest BCUT2D eigenvalue weighted by Gasteiger charge is -2.31. The van der Waals surface area contributed by atoms with Gasteiger partial charge < -0.3 is 4.90 Å². The first-order valence-electron chi connectivity index (χ1n) is 12.2. The summed E-state index contributed by atoms with van der Waals surface area (Å²) < 4.78 is 15.6. The number of carbonyl (C=O) groups excluding carboxylic acids is 1. The van der Waals surface area contributed by atoms with Crippen LogP contribution in [0.2, 0.25) is 0 Å². The second-order valence-electron chi connectivity index (χ2n) is 9.39. The van der Waals surface area contributed by atoms with Gasteiger partial charge in [0.05, 0.1) is 11.8 Å². The van der Waals surface area contributed by atoms with Crippen LogP contribution in [0.3, 0.4) is 0 Å². The molecule has 0 saturated carbocycles. The van der Waals surface area contributed by atoms with Crippen molar-refractivity contribution in [3.8, 4) is 5.69 Å². The van der Waals surface area contributed by atoms with Crippen molar-refractivity contribution >= 4 is 17.7 Å². The monoisotopic (exact) mass is 495 g/mol. The third-order valence-corrected chi connectivity index (χ3v) is 7.63. The van der Waals surface area contributed by atoms with Gasteiger partial charge in [-0.1, -0.05) is 41.9 Å². The number of likely N-dealkylation sites (tertiary alicyclic amines) is 1. The first-order valence-corrected chi connectivity index (χ1v) is 13.2. The number of halogens is 1. The summed E-state index contributed by atoms with van der Waals surface area (Å²) in [6.45, 7) is 8.91. The van der Waals surface area contributed by atoms with Crippen LogP contribution in [-0.4, -0.2) is 56.4 Å². The third kappa shape index (κ3) is 6.11. The molecule has 1 unspecified atom stereocenters. The Labute approximate surface area is 211 Å². The molecule has 0 radical (unpaired) electrons. The van der Waals surface area contributed by atoms with Gasteiger partial charge >= 0.3 is 0 Å². The van der Waals surface area contributed by atoms with E-state index in [-0.39, 0.29) is 23.5 Å². The predicted octanol–water partition coefficient (Wildman–Crippen LogP) is 5.32. The van der Waals surface area contributed by atoms with Gasteiger partial charge in [0.25, 0.3) is 0 Å². The number of aromatic nitrogens is 3. The molecule has 0 spiro atoms. The Bertz CT molecular complexity index is 1160. The van der Waals surface area contributed by atoms with Gasteiger partial charge in [0, 0.05) is 19.3 Å². The van der Waals surface area contributed by atoms with Crippen LogP contribution in [0.15, 0.2) is 47.6 Å². The summed E-state index contributed by atoms with van der Waals surface area (Å²) in [4.78, 5) is 17.1. The predicted molar refractivity (Wildman–Crippen MR) is 138 cm³/mol. The zero-order valence-corrected chi connectivity index (χ0v) is 21.8. The number of amides is 1. The van der Waals surface area contributed by atoms with Crippen molar-refractivity contribution in [1.29, 1.82) is 0 Å². The van der Waals surface area contributed by atoms with E-state index in [0.717, 1.165) is 30.2 Å². The summed E-state index contributed by atoms with van der Waals surface area (Å²) in [7, 11) is 1.83. The van der Waals surface area contributed by atoms with Gasteiger partial charge in [0.1, 0.15) is 5.82 Å². The standard InChI is InChI=1S/C27H34FN5OS/c1-19-8-9-22(20(2)16-19)17-31(4)25(34)18-35-27-30-29-26(21(3)32-14-6-5-7-15-32)33(27)24-12-10-23(28)11-13-24/h8-13,16,21H,5-7,14-15,17-18H2,1-4H3. The maximum Gasteiger partial charge on any atom is 0.233 e. The maximum absolute atomic E-state index is 13.6. The maximum atomic E-state index is 13.6. The van der Waals surface area contributed by atoms with Gasteiger partial charge in [-0.05, 0) is 82.1 Å². The number of carbonyl (C=O) groups is 1. The highest BCUT2D eigenvalue weighted by atomic mass is 32.2. The first-order chi connectivity index (χ1) is 16.8. The average molecular weight is 496 g/mol. The molecule has 1 fully saturated rings. The normalized spacial score (nSPS) is 15.2. The molecular formula is C27H34FN5OS. The van der Waals surface area contributed by atoms with E-state index in [2.05, 4.69) is 54.1 Å². The van der Waals surface area contributed by atoms with Crippen LogP contribution >= 0.6 is 11.8 Å². The molecule has 4 rings (SSSR count). The number of thioether (sulfide) groups is 1. The Hall–Kier alpha value is -2.71. The molecule has 0 N–H and O–H groups in total. The number of rotatable bonds is 8. The summed E-state index contributed by atoms with van der Waals surface area (Å²) in [5.41, 5.74) is 4.34. The lowest BCUT2D eigenvalue weighted by atomic mass is 10.1. The summed E-state index contributed by atoms with van der Waals surface area (Å²) in [6, 6.07) is 12.7. The van der Waals surface area contributed by atoms with Crippen molar-refractivity contribution in [3.63, 3.8) is 0 Å². The van der Waals surface area contributed by atoms with Crippen LogP contribution in [0.4, 0.5) is 4.39 Å². The molecule has 2 heterocycles. The summed E-state index contributed by atoms with van der Waals surface area (Å²) in [6.07, 6.45) is 3.61. The molecular weight excluding hydrogens is 461 g/mol. The van der Waals surface area contributed by atoms with E-state index in [0.29, 0.717) is 11.7 Å². The quantitative estimate of drug-likeness (QED) is 0.396. The van der Waals surface area contributed by atoms with Crippen molar-refractivity contribution in [2.24, 2.45) is 0 Å². The Kier molecular flexibility index (Phi) is 8.23. The Balaban J connectivity index is 1.52. The van der Waals surface area contributed by atoms with Gasteiger partial charge in [-0.15, -0.1) is 10.2 Å². The zero-order chi connectivity index (χ0) is 24.9. The molecule has 0 bridgehead atoms. The molecule has 1 amide bonds. The molecule has 8 heteroatoms. The smallest absolute Gasteiger partial charge is 0.233 e. The Morgan fingerprint density at radius 1 is 1.09 bits per heavy atom. The molecule has 2 aromatic carbocycles. The molecule has 1 aliphatic heterocycles. The molecule has 35 heavy (non-hydrogen) atoms. The Morgan fingerprint density at radius 3 is 2.49 bits per heavy atom. The second kappa shape index (κ2) is 11.4. The molecule has 1 saturated heterocycles. The largest absolute Gasteiger partial charge is 0.341 e. The van der Waals surface area contributed by atoms with Crippen LogP contribution in [0.1, 0.15) is 54.7 Å². The van der Waals surface area contributed by atoms with Gasteiger partial charge in [-0.2, -0.15) is 0 Å². The SMILES string of the molecule is Cc1ccc(CN(C)C(=O)CSc2nnc(C(C)N3CCCCC3)n2-c2ccc(F)cc2)c(C)c1. The topological polar surface area (TPSA) is 54.3 Å². The molecule has 3 aromatic rings. The summed E-state index contributed by atoms with van der Waals surface area (Å²) >= 11 is 1.37. The van der Waals surface area contributed by atoms with E-state index in [1.165, 1.54) is 54.3 Å². The fraction of sp³-hybridized carbons (Fsp3) is 0.444. The lowest BCUT2D eigenvalue weighted by Crippen LogP contribution is -2.33. The van der Waals surface area contributed by atoms with Gasteiger partial charge in [0.15, 0.2) is 11.0 Å². The fourth-order valence-electron chi connectivity index (χ4n) is 4.55. The number of piperidine rings is 1. The summed E-state index contributed by atoms with van der Waals surface area (Å²) in [5.74, 6) is 0.801. The van der Waals surface area contributed by atoms with Crippen molar-refractivity contribution in [2.75, 3.05) is 25.9 Å². The molecule has 1 atom stereocenters. The van der Waals surface area contributed by atoms with Crippen LogP contribution < -0.4 is 0 Å². The van der Waals surface area contributed by atoms with E-state index in [1.54, 1.807) is 17.0 Å². The zero-order valence-electron chi connectivity index (χ0n) is 21.0. The van der Waals surface area contributed by atoms with Crippen LogP contribution in [0.5, 0.6) is 0 Å². The van der Waals surface area contributed by atoms with Gasteiger partial charge in [0.2, 0.25) is 5.91 Å². The van der Waals surface area contributed by atoms with Crippen molar-refractivity contribution in [3.05, 3.63) is 70.8 Å². The fourth-order valence-corrected chi connectivity index (χ4v) is 5.45. The minimum absolute atomic E-state index is 0.0225. The Morgan fingerprint density at radius 2 is 1.80 bits per heavy atom. The van der Waals surface area contributed by atoms with E-state index in [4.69, 9.17) is 0 Å². The highest BCUT2D eigenvalue weighted by molar-refractivity contribution is 7.99. The number of hydrogen-bond donors (Lipinski definition) is 0. The minimum Gasteiger partial charge on any atom is -0.341 e. The van der Waals surface area contributed by atoms with E-state index in [9.17, 15) is 9.18 Å². The first kappa shape index (κ1) is 25.4. The van der Waals surface area contributed by atoms with Gasteiger partial charge in [-0.3, -0.25) is 14.3 Å². The number of hydrogen-bond acceptors (Lipinski definition) is 5. The lowest BCUT2D eigenvalue weighted by molar-refractivity contribution is -0.127. The molecule has 1 aromatic heterocycles. The van der Waals surface area contributed by atoms with Crippen LogP contribution in [0, 0.1) is 19.7 Å². The van der Waals surface area contributed by atoms with Crippen LogP contribution in [0.25, 0.3) is 5.69 Å². The average Bonchev–Trinajstić information content (AvgIpc) is 3.28.